The number of rotatable bonds is 7. The minimum absolute atomic E-state index is 0.0187. The minimum atomic E-state index is -2.60. The first-order valence-electron chi connectivity index (χ1n) is 36.1. The number of hydrogen-bond donors (Lipinski definition) is 0. The molecule has 2 heteroatoms. The maximum Gasteiger partial charge on any atom is 0.143 e. The summed E-state index contributed by atoms with van der Waals surface area (Å²) in [7, 11) is 0. The summed E-state index contributed by atoms with van der Waals surface area (Å²) < 4.78 is 303. The standard InChI is InChI=1S/C62H53NO/c1-8-62(61(5,6)7)54-29-18-17-26-51(54)58-41(4)40(3)57(38-55(58)62)63(46-33-30-43(31-34-46)42-20-11-9-12-21-42)56-35-32-45(36-39(56)2)52-37-53-50-28-19-27-47(44-22-13-10-14-23-44)59(50)64-60(53)49-25-16-15-24-48(49)52/h9-38H,8H2,1-7H3/i8D2,9D,10D,11D,12D,13D,14D,15D,16D,17D,18D,19D,20D,21D,22D,23D,24D,25D,26D,27D,28D,29D,30D,31D,32D,33D,34D,35D,36D,37D,38D. The van der Waals surface area contributed by atoms with Crippen LogP contribution in [0, 0.1) is 26.2 Å². The molecule has 0 radical (unpaired) electrons. The van der Waals surface area contributed by atoms with Crippen molar-refractivity contribution in [3.05, 3.63) is 209 Å². The van der Waals surface area contributed by atoms with Gasteiger partial charge in [-0.05, 0) is 141 Å². The zero-order valence-electron chi connectivity index (χ0n) is 67.4. The molecule has 0 N–H and O–H groups in total. The van der Waals surface area contributed by atoms with Crippen LogP contribution >= 0.6 is 0 Å². The number of para-hydroxylation sites is 1. The van der Waals surface area contributed by atoms with Crippen molar-refractivity contribution >= 4 is 49.8 Å². The molecule has 10 aromatic rings. The molecule has 9 aromatic carbocycles. The monoisotopic (exact) mass is 860 g/mol. The molecule has 0 fully saturated rings. The van der Waals surface area contributed by atoms with Crippen LogP contribution in [0.15, 0.2) is 186 Å². The predicted octanol–water partition coefficient (Wildman–Crippen LogP) is 17.9. The second-order valence-corrected chi connectivity index (χ2v) is 16.3. The van der Waals surface area contributed by atoms with Crippen LogP contribution in [0.2, 0.25) is 0 Å². The van der Waals surface area contributed by atoms with Gasteiger partial charge in [0.1, 0.15) is 11.2 Å². The molecule has 0 aliphatic heterocycles. The molecule has 0 spiro atoms. The third-order valence-electron chi connectivity index (χ3n) is 11.9. The molecule has 0 amide bonds. The Bertz CT molecular complexity index is 5180. The molecule has 0 bridgehead atoms. The molecular formula is C62H53NO. The fraction of sp³-hybridized carbons (Fsp3) is 0.161. The van der Waals surface area contributed by atoms with Gasteiger partial charge in [0.05, 0.1) is 41.1 Å². The van der Waals surface area contributed by atoms with Gasteiger partial charge in [-0.3, -0.25) is 0 Å². The first-order chi connectivity index (χ1) is 44.3. The van der Waals surface area contributed by atoms with E-state index in [1.807, 2.05) is 0 Å². The maximum absolute atomic E-state index is 10.7. The quantitative estimate of drug-likeness (QED) is 0.159. The Balaban J connectivity index is 1.35. The summed E-state index contributed by atoms with van der Waals surface area (Å²) in [5, 5.41) is -2.36. The Kier molecular flexibility index (Phi) is 4.25. The van der Waals surface area contributed by atoms with Crippen LogP contribution in [0.5, 0.6) is 0 Å². The van der Waals surface area contributed by atoms with E-state index in [0.29, 0.717) is 0 Å². The fourth-order valence-corrected chi connectivity index (χ4v) is 8.85. The Labute approximate surface area is 422 Å². The summed E-state index contributed by atoms with van der Waals surface area (Å²) in [6.45, 7) is 9.97. The second-order valence-electron chi connectivity index (χ2n) is 16.3. The second kappa shape index (κ2) is 15.0. The van der Waals surface area contributed by atoms with Crippen molar-refractivity contribution in [3.8, 4) is 44.5 Å². The Morgan fingerprint density at radius 3 is 1.81 bits per heavy atom. The van der Waals surface area contributed by atoms with Crippen molar-refractivity contribution in [1.29, 1.82) is 0 Å². The van der Waals surface area contributed by atoms with Crippen LogP contribution in [0.4, 0.5) is 17.1 Å². The highest BCUT2D eigenvalue weighted by atomic mass is 16.3. The predicted molar refractivity (Wildman–Crippen MR) is 272 cm³/mol. The highest BCUT2D eigenvalue weighted by Gasteiger charge is 2.50. The van der Waals surface area contributed by atoms with E-state index < -0.39 is 287 Å². The van der Waals surface area contributed by atoms with Crippen LogP contribution in [0.25, 0.3) is 77.2 Å². The van der Waals surface area contributed by atoms with Crippen LogP contribution in [-0.4, -0.2) is 0 Å². The molecule has 2 nitrogen and oxygen atoms in total. The molecule has 1 atom stereocenters. The number of anilines is 3. The zero-order valence-corrected chi connectivity index (χ0v) is 35.4. The lowest BCUT2D eigenvalue weighted by atomic mass is 9.59. The summed E-state index contributed by atoms with van der Waals surface area (Å²) in [6.07, 6.45) is -2.60. The lowest BCUT2D eigenvalue weighted by molar-refractivity contribution is 0.225. The molecule has 1 aliphatic carbocycles. The normalized spacial score (nSPS) is 21.9. The van der Waals surface area contributed by atoms with Crippen molar-refractivity contribution in [2.24, 2.45) is 5.41 Å². The van der Waals surface area contributed by atoms with Gasteiger partial charge in [0.2, 0.25) is 0 Å². The molecule has 312 valence electrons. The smallest absolute Gasteiger partial charge is 0.143 e. The van der Waals surface area contributed by atoms with E-state index >= 15 is 0 Å². The van der Waals surface area contributed by atoms with Crippen molar-refractivity contribution in [1.82, 2.24) is 0 Å². The number of benzene rings is 9. The third kappa shape index (κ3) is 5.92. The molecule has 0 saturated carbocycles. The number of hydrogen-bond acceptors (Lipinski definition) is 2. The Hall–Kier alpha value is -7.16. The van der Waals surface area contributed by atoms with Crippen molar-refractivity contribution in [2.75, 3.05) is 4.90 Å². The summed E-state index contributed by atoms with van der Waals surface area (Å²) in [4.78, 5) is 0.839. The van der Waals surface area contributed by atoms with Gasteiger partial charge in [0.15, 0.2) is 0 Å². The summed E-state index contributed by atoms with van der Waals surface area (Å²) in [6, 6.07) is -26.8. The fourth-order valence-electron chi connectivity index (χ4n) is 8.85. The van der Waals surface area contributed by atoms with E-state index in [1.54, 1.807) is 20.8 Å². The van der Waals surface area contributed by atoms with E-state index in [1.165, 1.54) is 20.8 Å². The van der Waals surface area contributed by atoms with Gasteiger partial charge in [-0.2, -0.15) is 0 Å². The van der Waals surface area contributed by atoms with E-state index in [0.717, 1.165) is 11.8 Å². The summed E-state index contributed by atoms with van der Waals surface area (Å²) in [5.41, 5.74) is -12.6. The molecule has 1 unspecified atom stereocenters. The van der Waals surface area contributed by atoms with Crippen molar-refractivity contribution < 1.29 is 48.3 Å². The maximum atomic E-state index is 10.7. The lowest BCUT2D eigenvalue weighted by Gasteiger charge is -2.44. The van der Waals surface area contributed by atoms with Gasteiger partial charge >= 0.3 is 0 Å². The van der Waals surface area contributed by atoms with Crippen LogP contribution in [-0.2, 0) is 5.41 Å². The zero-order chi connectivity index (χ0) is 71.8. The number of nitrogens with zero attached hydrogens (tertiary/aromatic N) is 1. The van der Waals surface area contributed by atoms with Crippen LogP contribution < -0.4 is 4.90 Å². The molecule has 0 saturated heterocycles. The topological polar surface area (TPSA) is 16.4 Å². The van der Waals surface area contributed by atoms with Crippen molar-refractivity contribution in [3.63, 3.8) is 0 Å². The molecule has 11 rings (SSSR count). The summed E-state index contributed by atoms with van der Waals surface area (Å²) >= 11 is 0. The van der Waals surface area contributed by atoms with Gasteiger partial charge in [0.25, 0.3) is 0 Å². The average Bonchev–Trinajstić information content (AvgIpc) is 1.49. The lowest BCUT2D eigenvalue weighted by Crippen LogP contribution is -2.39. The Morgan fingerprint density at radius 2 is 1.09 bits per heavy atom. The van der Waals surface area contributed by atoms with Gasteiger partial charge in [-0.25, -0.2) is 0 Å². The highest BCUT2D eigenvalue weighted by Crippen LogP contribution is 2.61. The third-order valence-corrected chi connectivity index (χ3v) is 11.9. The van der Waals surface area contributed by atoms with E-state index in [-0.39, 0.29) is 33.4 Å². The minimum Gasteiger partial charge on any atom is -0.455 e. The molecule has 1 aromatic heterocycles. The number of furan rings is 1. The van der Waals surface area contributed by atoms with Crippen molar-refractivity contribution in [2.45, 2.75) is 60.3 Å². The number of fused-ring (bicyclic) bond motifs is 8. The van der Waals surface area contributed by atoms with E-state index in [9.17, 15) is 21.9 Å². The summed E-state index contributed by atoms with van der Waals surface area (Å²) in [5.74, 6) is 0. The molecular weight excluding hydrogens is 775 g/mol. The first-order valence-corrected chi connectivity index (χ1v) is 20.1. The van der Waals surface area contributed by atoms with Crippen LogP contribution in [0.3, 0.4) is 0 Å². The first kappa shape index (κ1) is 18.1. The van der Waals surface area contributed by atoms with E-state index in [2.05, 4.69) is 0 Å². The average molecular weight is 860 g/mol. The van der Waals surface area contributed by atoms with Gasteiger partial charge in [-0.15, -0.1) is 0 Å². The molecule has 64 heavy (non-hydrogen) atoms. The van der Waals surface area contributed by atoms with Gasteiger partial charge in [0, 0.05) is 46.9 Å². The SMILES string of the molecule is [2H]c1c([2H])c([2H])c(-c2c([2H])c([2H])c(N(c3c([2H])c([2H])c(-c4c([2H])c5c(oc6c(-c7c([2H])c([2H])c([2H])c([2H])c7[2H])c([2H])c([2H])c([2H])c65)c5c([2H])c([2H])c([2H])c([2H])c45)c([2H])c3C)c3c([2H])c4c(c(C)c3C)-c3c([2H])c([2H])c([2H])c([2H])c3C4(C([2H])([2H])C)C(C)(C)C)c([2H])c2[2H])c([2H])c1[2H]. The van der Waals surface area contributed by atoms with Gasteiger partial charge < -0.3 is 9.32 Å². The highest BCUT2D eigenvalue weighted by molar-refractivity contribution is 6.20. The van der Waals surface area contributed by atoms with Gasteiger partial charge in [-0.1, -0.05) is 173 Å². The van der Waals surface area contributed by atoms with E-state index in [4.69, 9.17) is 26.3 Å². The largest absolute Gasteiger partial charge is 0.455 e. The molecule has 1 heterocycles. The van der Waals surface area contributed by atoms with Crippen LogP contribution in [0.1, 0.15) is 106 Å². The molecule has 1 aliphatic rings. The Morgan fingerprint density at radius 1 is 0.500 bits per heavy atom.